The van der Waals surface area contributed by atoms with Crippen molar-refractivity contribution in [3.63, 3.8) is 0 Å². The molecule has 0 aliphatic rings. The van der Waals surface area contributed by atoms with E-state index in [2.05, 4.69) is 20.9 Å². The number of hydrogen-bond acceptors (Lipinski definition) is 3. The molecule has 1 aromatic rings. The lowest BCUT2D eigenvalue weighted by atomic mass is 10.2. The van der Waals surface area contributed by atoms with E-state index in [0.717, 1.165) is 11.0 Å². The van der Waals surface area contributed by atoms with Crippen LogP contribution >= 0.6 is 15.9 Å². The molecule has 1 aromatic heterocycles. The van der Waals surface area contributed by atoms with E-state index >= 15 is 0 Å². The number of carboxylic acid groups (broad SMARTS) is 1. The minimum absolute atomic E-state index is 0.250. The number of halogens is 1. The van der Waals surface area contributed by atoms with Crippen LogP contribution in [0.1, 0.15) is 11.3 Å². The SMILES string of the molecule is COc1ccc(CBr)c(C)n1.O=CO. The van der Waals surface area contributed by atoms with Crippen LogP contribution in [-0.4, -0.2) is 23.7 Å². The lowest BCUT2D eigenvalue weighted by Crippen LogP contribution is -1.92. The summed E-state index contributed by atoms with van der Waals surface area (Å²) in [5, 5.41) is 7.73. The van der Waals surface area contributed by atoms with Gasteiger partial charge in [0.25, 0.3) is 6.47 Å². The summed E-state index contributed by atoms with van der Waals surface area (Å²) in [7, 11) is 1.62. The summed E-state index contributed by atoms with van der Waals surface area (Å²) in [5.74, 6) is 0.673. The summed E-state index contributed by atoms with van der Waals surface area (Å²) in [6.07, 6.45) is 0. The van der Waals surface area contributed by atoms with Crippen LogP contribution in [0.25, 0.3) is 0 Å². The molecule has 0 aliphatic heterocycles. The second-order valence-corrected chi connectivity index (χ2v) is 2.90. The van der Waals surface area contributed by atoms with Gasteiger partial charge < -0.3 is 9.84 Å². The summed E-state index contributed by atoms with van der Waals surface area (Å²) < 4.78 is 4.97. The van der Waals surface area contributed by atoms with Crippen molar-refractivity contribution < 1.29 is 14.6 Å². The number of methoxy groups -OCH3 is 1. The van der Waals surface area contributed by atoms with Crippen LogP contribution in [0.4, 0.5) is 0 Å². The molecule has 0 bridgehead atoms. The van der Waals surface area contributed by atoms with E-state index in [1.54, 1.807) is 7.11 Å². The van der Waals surface area contributed by atoms with Gasteiger partial charge in [-0.25, -0.2) is 4.98 Å². The molecule has 1 rings (SSSR count). The molecule has 0 atom stereocenters. The highest BCUT2D eigenvalue weighted by Crippen LogP contribution is 2.13. The lowest BCUT2D eigenvalue weighted by molar-refractivity contribution is -0.122. The van der Waals surface area contributed by atoms with Crippen LogP contribution < -0.4 is 4.74 Å². The summed E-state index contributed by atoms with van der Waals surface area (Å²) in [4.78, 5) is 12.6. The van der Waals surface area contributed by atoms with Gasteiger partial charge in [-0.3, -0.25) is 4.79 Å². The van der Waals surface area contributed by atoms with Crippen LogP contribution in [0, 0.1) is 6.92 Å². The molecule has 0 unspecified atom stereocenters. The largest absolute Gasteiger partial charge is 0.483 e. The van der Waals surface area contributed by atoms with Gasteiger partial charge in [-0.2, -0.15) is 0 Å². The highest BCUT2D eigenvalue weighted by molar-refractivity contribution is 9.08. The van der Waals surface area contributed by atoms with Crippen molar-refractivity contribution in [2.75, 3.05) is 7.11 Å². The Bertz CT molecular complexity index is 291. The number of ether oxygens (including phenoxy) is 1. The maximum Gasteiger partial charge on any atom is 0.290 e. The molecule has 0 fully saturated rings. The van der Waals surface area contributed by atoms with E-state index in [1.807, 2.05) is 19.1 Å². The molecule has 0 saturated heterocycles. The molecule has 5 heteroatoms. The Balaban J connectivity index is 0.000000500. The average molecular weight is 262 g/mol. The second-order valence-electron chi connectivity index (χ2n) is 2.34. The van der Waals surface area contributed by atoms with Crippen LogP contribution in [-0.2, 0) is 10.1 Å². The van der Waals surface area contributed by atoms with E-state index in [-0.39, 0.29) is 6.47 Å². The quantitative estimate of drug-likeness (QED) is 0.654. The molecule has 14 heavy (non-hydrogen) atoms. The maximum absolute atomic E-state index is 8.36. The number of pyridine rings is 1. The topological polar surface area (TPSA) is 59.4 Å². The highest BCUT2D eigenvalue weighted by Gasteiger charge is 1.98. The Morgan fingerprint density at radius 3 is 2.57 bits per heavy atom. The fourth-order valence-electron chi connectivity index (χ4n) is 0.822. The fraction of sp³-hybridized carbons (Fsp3) is 0.333. The second kappa shape index (κ2) is 7.32. The van der Waals surface area contributed by atoms with Crippen LogP contribution in [0.3, 0.4) is 0 Å². The molecule has 1 heterocycles. The zero-order valence-electron chi connectivity index (χ0n) is 8.03. The molecular formula is C9H12BrNO3. The Morgan fingerprint density at radius 2 is 2.21 bits per heavy atom. The van der Waals surface area contributed by atoms with E-state index < -0.39 is 0 Å². The summed E-state index contributed by atoms with van der Waals surface area (Å²) in [6.45, 7) is 1.72. The molecule has 0 spiro atoms. The summed E-state index contributed by atoms with van der Waals surface area (Å²) >= 11 is 3.37. The van der Waals surface area contributed by atoms with Gasteiger partial charge >= 0.3 is 0 Å². The highest BCUT2D eigenvalue weighted by atomic mass is 79.9. The molecular weight excluding hydrogens is 250 g/mol. The Labute approximate surface area is 91.1 Å². The van der Waals surface area contributed by atoms with Gasteiger partial charge in [-0.15, -0.1) is 0 Å². The molecule has 0 aromatic carbocycles. The molecule has 0 radical (unpaired) electrons. The first-order valence-corrected chi connectivity index (χ1v) is 4.96. The molecule has 0 aliphatic carbocycles. The molecule has 4 nitrogen and oxygen atoms in total. The Hall–Kier alpha value is -1.10. The van der Waals surface area contributed by atoms with Crippen molar-refractivity contribution in [2.45, 2.75) is 12.3 Å². The number of alkyl halides is 1. The monoisotopic (exact) mass is 261 g/mol. The zero-order valence-corrected chi connectivity index (χ0v) is 9.61. The minimum Gasteiger partial charge on any atom is -0.483 e. The van der Waals surface area contributed by atoms with Gasteiger partial charge in [0.1, 0.15) is 0 Å². The van der Waals surface area contributed by atoms with Crippen molar-refractivity contribution >= 4 is 22.4 Å². The van der Waals surface area contributed by atoms with E-state index in [1.165, 1.54) is 5.56 Å². The first-order valence-electron chi connectivity index (χ1n) is 3.83. The number of nitrogens with zero attached hydrogens (tertiary/aromatic N) is 1. The molecule has 78 valence electrons. The number of carbonyl (C=O) groups is 1. The van der Waals surface area contributed by atoms with Gasteiger partial charge in [0.05, 0.1) is 7.11 Å². The normalized spacial score (nSPS) is 8.50. The predicted molar refractivity (Wildman–Crippen MR) is 56.8 cm³/mol. The van der Waals surface area contributed by atoms with Crippen molar-refractivity contribution in [2.24, 2.45) is 0 Å². The summed E-state index contributed by atoms with van der Waals surface area (Å²) in [6, 6.07) is 3.87. The molecule has 0 saturated carbocycles. The van der Waals surface area contributed by atoms with Gasteiger partial charge in [0.15, 0.2) is 0 Å². The zero-order chi connectivity index (χ0) is 11.0. The fourth-order valence-corrected chi connectivity index (χ4v) is 1.41. The van der Waals surface area contributed by atoms with Gasteiger partial charge in [-0.05, 0) is 12.5 Å². The maximum atomic E-state index is 8.36. The van der Waals surface area contributed by atoms with E-state index in [4.69, 9.17) is 14.6 Å². The number of aromatic nitrogens is 1. The number of aryl methyl sites for hydroxylation is 1. The summed E-state index contributed by atoms with van der Waals surface area (Å²) in [5.41, 5.74) is 2.21. The Kier molecular flexibility index (Phi) is 6.74. The van der Waals surface area contributed by atoms with Crippen LogP contribution in [0.2, 0.25) is 0 Å². The third kappa shape index (κ3) is 4.23. The van der Waals surface area contributed by atoms with Gasteiger partial charge in [-0.1, -0.05) is 22.0 Å². The van der Waals surface area contributed by atoms with Crippen molar-refractivity contribution in [1.82, 2.24) is 4.98 Å². The van der Waals surface area contributed by atoms with Gasteiger partial charge in [0, 0.05) is 17.1 Å². The molecule has 0 amide bonds. The average Bonchev–Trinajstić information content (AvgIpc) is 2.19. The predicted octanol–water partition coefficient (Wildman–Crippen LogP) is 1.99. The standard InChI is InChI=1S/C8H10BrNO.CH2O2/c1-6-7(5-9)3-4-8(10-6)11-2;2-1-3/h3-4H,5H2,1-2H3;1H,(H,2,3). The Morgan fingerprint density at radius 1 is 1.64 bits per heavy atom. The first kappa shape index (κ1) is 12.9. The first-order chi connectivity index (χ1) is 6.69. The van der Waals surface area contributed by atoms with Crippen molar-refractivity contribution in [3.05, 3.63) is 23.4 Å². The van der Waals surface area contributed by atoms with Crippen molar-refractivity contribution in [3.8, 4) is 5.88 Å². The van der Waals surface area contributed by atoms with Gasteiger partial charge in [0.2, 0.25) is 5.88 Å². The van der Waals surface area contributed by atoms with Crippen LogP contribution in [0.15, 0.2) is 12.1 Å². The smallest absolute Gasteiger partial charge is 0.290 e. The minimum atomic E-state index is -0.250. The third-order valence-corrected chi connectivity index (χ3v) is 2.13. The third-order valence-electron chi connectivity index (χ3n) is 1.52. The van der Waals surface area contributed by atoms with E-state index in [9.17, 15) is 0 Å². The van der Waals surface area contributed by atoms with Crippen LogP contribution in [0.5, 0.6) is 5.88 Å². The number of hydrogen-bond donors (Lipinski definition) is 1. The molecule has 1 N–H and O–H groups in total. The van der Waals surface area contributed by atoms with Crippen molar-refractivity contribution in [1.29, 1.82) is 0 Å². The number of rotatable bonds is 2. The lowest BCUT2D eigenvalue weighted by Gasteiger charge is -2.02. The van der Waals surface area contributed by atoms with E-state index in [0.29, 0.717) is 5.88 Å².